The largest absolute Gasteiger partial charge is 0.416 e. The summed E-state index contributed by atoms with van der Waals surface area (Å²) in [7, 11) is 2.00. The zero-order chi connectivity index (χ0) is 23.2. The van der Waals surface area contributed by atoms with Crippen LogP contribution >= 0.6 is 0 Å². The number of hydrogen-bond acceptors (Lipinski definition) is 4. The van der Waals surface area contributed by atoms with Crippen molar-refractivity contribution in [2.75, 3.05) is 19.6 Å². The molecule has 1 saturated carbocycles. The molecule has 1 aliphatic heterocycles. The number of fused-ring (bicyclic) bond motifs is 1. The molecule has 33 heavy (non-hydrogen) atoms. The van der Waals surface area contributed by atoms with E-state index in [-0.39, 0.29) is 5.41 Å². The Morgan fingerprint density at radius 2 is 1.88 bits per heavy atom. The van der Waals surface area contributed by atoms with E-state index >= 15 is 0 Å². The van der Waals surface area contributed by atoms with E-state index in [0.29, 0.717) is 5.92 Å². The fraction of sp³-hybridized carbons (Fsp3) is 0.480. The Balaban J connectivity index is 1.12. The van der Waals surface area contributed by atoms with Gasteiger partial charge >= 0.3 is 6.18 Å². The van der Waals surface area contributed by atoms with Gasteiger partial charge in [0.25, 0.3) is 0 Å². The van der Waals surface area contributed by atoms with E-state index in [0.717, 1.165) is 73.8 Å². The summed E-state index contributed by atoms with van der Waals surface area (Å²) in [4.78, 5) is 6.70. The number of aryl methyl sites for hydroxylation is 2. The van der Waals surface area contributed by atoms with Crippen molar-refractivity contribution >= 4 is 0 Å². The summed E-state index contributed by atoms with van der Waals surface area (Å²) >= 11 is 0. The van der Waals surface area contributed by atoms with Crippen LogP contribution in [0.15, 0.2) is 42.6 Å². The molecular formula is C25H28F3N5. The molecule has 5 nitrogen and oxygen atoms in total. The Morgan fingerprint density at radius 3 is 2.61 bits per heavy atom. The first-order chi connectivity index (χ1) is 15.8. The molecule has 5 rings (SSSR count). The number of halogens is 3. The minimum absolute atomic E-state index is 0.0608. The second-order valence-electron chi connectivity index (χ2n) is 9.51. The Bertz CT molecular complexity index is 1140. The summed E-state index contributed by atoms with van der Waals surface area (Å²) in [6, 6.07) is 9.78. The van der Waals surface area contributed by atoms with Crippen LogP contribution in [0.1, 0.15) is 41.9 Å². The molecule has 2 atom stereocenters. The quantitative estimate of drug-likeness (QED) is 0.480. The smallest absolute Gasteiger partial charge is 0.314 e. The van der Waals surface area contributed by atoms with Crippen LogP contribution in [0.4, 0.5) is 13.2 Å². The van der Waals surface area contributed by atoms with Gasteiger partial charge in [-0.05, 0) is 68.5 Å². The molecular weight excluding hydrogens is 427 g/mol. The number of rotatable bonds is 7. The van der Waals surface area contributed by atoms with E-state index in [2.05, 4.69) is 24.6 Å². The van der Waals surface area contributed by atoms with Crippen molar-refractivity contribution in [1.82, 2.24) is 24.6 Å². The zero-order valence-corrected chi connectivity index (χ0v) is 18.9. The van der Waals surface area contributed by atoms with E-state index in [9.17, 15) is 13.2 Å². The zero-order valence-electron chi connectivity index (χ0n) is 18.9. The van der Waals surface area contributed by atoms with Crippen molar-refractivity contribution in [1.29, 1.82) is 0 Å². The molecule has 0 radical (unpaired) electrons. The van der Waals surface area contributed by atoms with Crippen molar-refractivity contribution in [3.8, 4) is 11.4 Å². The molecule has 2 fully saturated rings. The molecule has 174 valence electrons. The molecule has 0 spiro atoms. The first kappa shape index (κ1) is 22.1. The fourth-order valence-corrected chi connectivity index (χ4v) is 5.33. The van der Waals surface area contributed by atoms with Gasteiger partial charge in [-0.1, -0.05) is 12.1 Å². The number of hydrogen-bond donors (Lipinski definition) is 0. The summed E-state index contributed by atoms with van der Waals surface area (Å²) < 4.78 is 40.7. The molecule has 0 unspecified atom stereocenters. The van der Waals surface area contributed by atoms with E-state index in [1.807, 2.05) is 26.1 Å². The van der Waals surface area contributed by atoms with Gasteiger partial charge in [-0.25, -0.2) is 0 Å². The SMILES string of the molecule is Cc1cc(-c2nnc(CCCCN3C[C@@H]4C[C@]4(c4ccc(C(F)(F)F)cc4)C3)n2C)ccn1. The predicted molar refractivity (Wildman–Crippen MR) is 120 cm³/mol. The highest BCUT2D eigenvalue weighted by molar-refractivity contribution is 5.55. The maximum atomic E-state index is 12.9. The third-order valence-electron chi connectivity index (χ3n) is 7.25. The topological polar surface area (TPSA) is 46.8 Å². The van der Waals surface area contributed by atoms with Gasteiger partial charge in [-0.15, -0.1) is 10.2 Å². The molecule has 0 N–H and O–H groups in total. The van der Waals surface area contributed by atoms with Crippen LogP contribution in [0.5, 0.6) is 0 Å². The monoisotopic (exact) mass is 455 g/mol. The lowest BCUT2D eigenvalue weighted by atomic mass is 9.94. The minimum atomic E-state index is -4.28. The second kappa shape index (κ2) is 8.24. The van der Waals surface area contributed by atoms with Crippen molar-refractivity contribution in [2.24, 2.45) is 13.0 Å². The van der Waals surface area contributed by atoms with Gasteiger partial charge in [0, 0.05) is 49.4 Å². The Kier molecular flexibility index (Phi) is 5.51. The highest BCUT2D eigenvalue weighted by Gasteiger charge is 2.60. The third-order valence-corrected chi connectivity index (χ3v) is 7.25. The average molecular weight is 456 g/mol. The van der Waals surface area contributed by atoms with Crippen molar-refractivity contribution in [3.05, 3.63) is 65.2 Å². The minimum Gasteiger partial charge on any atom is -0.314 e. The number of benzene rings is 1. The molecule has 3 aromatic rings. The molecule has 2 aliphatic rings. The summed E-state index contributed by atoms with van der Waals surface area (Å²) in [5, 5.41) is 8.75. The Morgan fingerprint density at radius 1 is 1.09 bits per heavy atom. The van der Waals surface area contributed by atoms with Gasteiger partial charge in [-0.2, -0.15) is 13.2 Å². The van der Waals surface area contributed by atoms with Crippen LogP contribution in [0.25, 0.3) is 11.4 Å². The molecule has 8 heteroatoms. The van der Waals surface area contributed by atoms with Crippen molar-refractivity contribution in [2.45, 2.75) is 44.2 Å². The van der Waals surface area contributed by atoms with Crippen LogP contribution in [-0.2, 0) is 25.1 Å². The standard InChI is InChI=1S/C25H28F3N5/c1-17-13-18(10-11-29-17)23-31-30-22(32(23)2)5-3-4-12-33-15-21-14-24(21,16-33)19-6-8-20(9-7-19)25(26,27)28/h6-11,13,21H,3-5,12,14-16H2,1-2H3/t21-,24+/m0/s1. The predicted octanol–water partition coefficient (Wildman–Crippen LogP) is 4.80. The maximum Gasteiger partial charge on any atom is 0.416 e. The number of likely N-dealkylation sites (tertiary alicyclic amines) is 1. The highest BCUT2D eigenvalue weighted by atomic mass is 19.4. The lowest BCUT2D eigenvalue weighted by Crippen LogP contribution is -2.27. The number of pyridine rings is 1. The number of alkyl halides is 3. The van der Waals surface area contributed by atoms with Gasteiger partial charge in [0.15, 0.2) is 5.82 Å². The summed E-state index contributed by atoms with van der Waals surface area (Å²) in [5.41, 5.74) is 2.52. The van der Waals surface area contributed by atoms with Crippen LogP contribution in [0.2, 0.25) is 0 Å². The van der Waals surface area contributed by atoms with Gasteiger partial charge in [0.1, 0.15) is 5.82 Å². The van der Waals surface area contributed by atoms with E-state index in [1.165, 1.54) is 12.1 Å². The normalized spacial score (nSPS) is 22.5. The van der Waals surface area contributed by atoms with Gasteiger partial charge in [-0.3, -0.25) is 4.98 Å². The molecule has 0 amide bonds. The molecule has 1 aliphatic carbocycles. The van der Waals surface area contributed by atoms with Gasteiger partial charge < -0.3 is 9.47 Å². The summed E-state index contributed by atoms with van der Waals surface area (Å²) in [5.74, 6) is 2.40. The van der Waals surface area contributed by atoms with Crippen LogP contribution < -0.4 is 0 Å². The molecule has 1 aromatic carbocycles. The van der Waals surface area contributed by atoms with Crippen LogP contribution in [0, 0.1) is 12.8 Å². The number of unbranched alkanes of at least 4 members (excludes halogenated alkanes) is 1. The number of nitrogens with zero attached hydrogens (tertiary/aromatic N) is 5. The summed E-state index contributed by atoms with van der Waals surface area (Å²) in [6.45, 7) is 4.95. The van der Waals surface area contributed by atoms with E-state index in [4.69, 9.17) is 0 Å². The van der Waals surface area contributed by atoms with E-state index in [1.54, 1.807) is 18.3 Å². The lowest BCUT2D eigenvalue weighted by Gasteiger charge is -2.21. The van der Waals surface area contributed by atoms with Crippen LogP contribution in [0.3, 0.4) is 0 Å². The fourth-order valence-electron chi connectivity index (χ4n) is 5.33. The Hall–Kier alpha value is -2.74. The lowest BCUT2D eigenvalue weighted by molar-refractivity contribution is -0.137. The maximum absolute atomic E-state index is 12.9. The van der Waals surface area contributed by atoms with Gasteiger partial charge in [0.2, 0.25) is 0 Å². The second-order valence-corrected chi connectivity index (χ2v) is 9.51. The summed E-state index contributed by atoms with van der Waals surface area (Å²) in [6.07, 6.45) is 1.56. The highest BCUT2D eigenvalue weighted by Crippen LogP contribution is 2.59. The molecule has 2 aromatic heterocycles. The third kappa shape index (κ3) is 4.28. The number of piperidine rings is 1. The first-order valence-electron chi connectivity index (χ1n) is 11.5. The van der Waals surface area contributed by atoms with Gasteiger partial charge in [0.05, 0.1) is 5.56 Å². The number of aromatic nitrogens is 4. The average Bonchev–Trinajstić information content (AvgIpc) is 3.15. The van der Waals surface area contributed by atoms with E-state index < -0.39 is 11.7 Å². The first-order valence-corrected chi connectivity index (χ1v) is 11.5. The van der Waals surface area contributed by atoms with Crippen molar-refractivity contribution < 1.29 is 13.2 Å². The van der Waals surface area contributed by atoms with Crippen molar-refractivity contribution in [3.63, 3.8) is 0 Å². The Labute approximate surface area is 191 Å². The molecule has 1 saturated heterocycles. The molecule has 3 heterocycles. The molecule has 0 bridgehead atoms. The van der Waals surface area contributed by atoms with Crippen LogP contribution in [-0.4, -0.2) is 44.3 Å².